The summed E-state index contributed by atoms with van der Waals surface area (Å²) in [6, 6.07) is 4.28. The molecule has 1 saturated heterocycles. The van der Waals surface area contributed by atoms with Crippen molar-refractivity contribution in [1.29, 1.82) is 0 Å². The number of nitro groups is 1. The molecule has 2 rings (SSSR count). The molecule has 0 unspecified atom stereocenters. The molecule has 1 fully saturated rings. The van der Waals surface area contributed by atoms with Crippen LogP contribution in [0.1, 0.15) is 49.5 Å². The van der Waals surface area contributed by atoms with Crippen molar-refractivity contribution in [1.82, 2.24) is 4.90 Å². The first kappa shape index (κ1) is 21.1. The summed E-state index contributed by atoms with van der Waals surface area (Å²) in [5, 5.41) is 20.7. The van der Waals surface area contributed by atoms with E-state index in [2.05, 4.69) is 0 Å². The molecule has 0 radical (unpaired) electrons. The van der Waals surface area contributed by atoms with E-state index >= 15 is 0 Å². The minimum Gasteiger partial charge on any atom is -0.383 e. The van der Waals surface area contributed by atoms with Gasteiger partial charge in [-0.2, -0.15) is 13.2 Å². The Bertz CT molecular complexity index is 720. The SMILES string of the molecule is CC(C)(C)c1ccc(C(=O)N2CCC([C@@H](O)C(F)(F)F)CC2)cc1[N+](=O)[O-]. The summed E-state index contributed by atoms with van der Waals surface area (Å²) in [6.07, 6.45) is -7.04. The normalized spacial score (nSPS) is 17.7. The lowest BCUT2D eigenvalue weighted by Crippen LogP contribution is -2.45. The molecule has 1 aromatic carbocycles. The number of piperidine rings is 1. The predicted octanol–water partition coefficient (Wildman–Crippen LogP) is 3.67. The van der Waals surface area contributed by atoms with Gasteiger partial charge in [0.1, 0.15) is 0 Å². The van der Waals surface area contributed by atoms with E-state index in [1.165, 1.54) is 17.0 Å². The number of aliphatic hydroxyl groups excluding tert-OH is 1. The van der Waals surface area contributed by atoms with E-state index < -0.39 is 34.4 Å². The average molecular weight is 388 g/mol. The number of alkyl halides is 3. The molecule has 1 atom stereocenters. The Labute approximate surface area is 155 Å². The molecule has 150 valence electrons. The van der Waals surface area contributed by atoms with Crippen LogP contribution < -0.4 is 0 Å². The molecule has 0 aromatic heterocycles. The molecule has 1 heterocycles. The van der Waals surface area contributed by atoms with E-state index in [9.17, 15) is 33.2 Å². The zero-order valence-corrected chi connectivity index (χ0v) is 15.4. The summed E-state index contributed by atoms with van der Waals surface area (Å²) >= 11 is 0. The summed E-state index contributed by atoms with van der Waals surface area (Å²) in [5.74, 6) is -1.41. The smallest absolute Gasteiger partial charge is 0.383 e. The zero-order chi connectivity index (χ0) is 20.6. The molecule has 6 nitrogen and oxygen atoms in total. The molecule has 9 heteroatoms. The summed E-state index contributed by atoms with van der Waals surface area (Å²) in [5.41, 5.74) is -0.00733. The average Bonchev–Trinajstić information content (AvgIpc) is 2.58. The Morgan fingerprint density at radius 2 is 1.81 bits per heavy atom. The van der Waals surface area contributed by atoms with Crippen LogP contribution in [0.4, 0.5) is 18.9 Å². The second-order valence-corrected chi connectivity index (χ2v) is 7.86. The summed E-state index contributed by atoms with van der Waals surface area (Å²) in [6.45, 7) is 5.60. The number of amides is 1. The molecule has 0 spiro atoms. The van der Waals surface area contributed by atoms with Gasteiger partial charge in [0.15, 0.2) is 6.10 Å². The van der Waals surface area contributed by atoms with Crippen LogP contribution >= 0.6 is 0 Å². The van der Waals surface area contributed by atoms with E-state index in [0.717, 1.165) is 0 Å². The Hall–Kier alpha value is -2.16. The third-order valence-electron chi connectivity index (χ3n) is 4.86. The van der Waals surface area contributed by atoms with Gasteiger partial charge in [-0.05, 0) is 30.2 Å². The Kier molecular flexibility index (Phi) is 5.84. The quantitative estimate of drug-likeness (QED) is 0.633. The highest BCUT2D eigenvalue weighted by Gasteiger charge is 2.44. The number of carbonyl (C=O) groups excluding carboxylic acids is 1. The van der Waals surface area contributed by atoms with Gasteiger partial charge >= 0.3 is 6.18 Å². The van der Waals surface area contributed by atoms with Crippen molar-refractivity contribution in [2.75, 3.05) is 13.1 Å². The monoisotopic (exact) mass is 388 g/mol. The van der Waals surface area contributed by atoms with Crippen molar-refractivity contribution in [3.63, 3.8) is 0 Å². The molecule has 1 N–H and O–H groups in total. The molecule has 1 aromatic rings. The Morgan fingerprint density at radius 3 is 2.26 bits per heavy atom. The maximum absolute atomic E-state index is 12.6. The summed E-state index contributed by atoms with van der Waals surface area (Å²) < 4.78 is 37.8. The van der Waals surface area contributed by atoms with Crippen LogP contribution in [0.2, 0.25) is 0 Å². The molecule has 0 aliphatic carbocycles. The Balaban J connectivity index is 2.15. The number of hydrogen-bond donors (Lipinski definition) is 1. The first-order valence-corrected chi connectivity index (χ1v) is 8.65. The molecule has 1 aliphatic rings. The number of likely N-dealkylation sites (tertiary alicyclic amines) is 1. The van der Waals surface area contributed by atoms with Crippen molar-refractivity contribution in [2.24, 2.45) is 5.92 Å². The first-order valence-electron chi connectivity index (χ1n) is 8.65. The minimum absolute atomic E-state index is 0.0224. The maximum Gasteiger partial charge on any atom is 0.414 e. The number of hydrogen-bond acceptors (Lipinski definition) is 4. The number of carbonyl (C=O) groups is 1. The van der Waals surface area contributed by atoms with Gasteiger partial charge in [0, 0.05) is 30.3 Å². The van der Waals surface area contributed by atoms with Crippen molar-refractivity contribution in [2.45, 2.75) is 51.3 Å². The van der Waals surface area contributed by atoms with Crippen LogP contribution in [0.3, 0.4) is 0 Å². The van der Waals surface area contributed by atoms with E-state index in [4.69, 9.17) is 0 Å². The van der Waals surface area contributed by atoms with Crippen molar-refractivity contribution in [3.05, 3.63) is 39.4 Å². The molecule has 0 saturated carbocycles. The zero-order valence-electron chi connectivity index (χ0n) is 15.4. The molecular weight excluding hydrogens is 365 g/mol. The molecule has 27 heavy (non-hydrogen) atoms. The minimum atomic E-state index is -4.68. The van der Waals surface area contributed by atoms with Gasteiger partial charge in [0.2, 0.25) is 0 Å². The molecule has 1 aliphatic heterocycles. The highest BCUT2D eigenvalue weighted by atomic mass is 19.4. The number of benzene rings is 1. The lowest BCUT2D eigenvalue weighted by Gasteiger charge is -2.34. The van der Waals surface area contributed by atoms with Crippen LogP contribution in [-0.2, 0) is 5.41 Å². The highest BCUT2D eigenvalue weighted by Crippen LogP contribution is 2.34. The van der Waals surface area contributed by atoms with Gasteiger partial charge in [-0.3, -0.25) is 14.9 Å². The standard InChI is InChI=1S/C18H23F3N2O4/c1-17(2,3)13-5-4-12(10-14(13)23(26)27)16(25)22-8-6-11(7-9-22)15(24)18(19,20)21/h4-5,10-11,15,24H,6-9H2,1-3H3/t15-/m1/s1. The van der Waals surface area contributed by atoms with Gasteiger partial charge < -0.3 is 10.0 Å². The maximum atomic E-state index is 12.6. The van der Waals surface area contributed by atoms with Crippen LogP contribution in [0, 0.1) is 16.0 Å². The van der Waals surface area contributed by atoms with E-state index in [1.807, 2.05) is 20.8 Å². The lowest BCUT2D eigenvalue weighted by molar-refractivity contribution is -0.386. The van der Waals surface area contributed by atoms with Crippen LogP contribution in [0.25, 0.3) is 0 Å². The van der Waals surface area contributed by atoms with E-state index in [-0.39, 0.29) is 37.2 Å². The van der Waals surface area contributed by atoms with Gasteiger partial charge in [0.05, 0.1) is 4.92 Å². The number of halogens is 3. The third kappa shape index (κ3) is 4.77. The van der Waals surface area contributed by atoms with E-state index in [1.54, 1.807) is 6.07 Å². The fourth-order valence-corrected chi connectivity index (χ4v) is 3.32. The van der Waals surface area contributed by atoms with Crippen LogP contribution in [-0.4, -0.2) is 46.2 Å². The van der Waals surface area contributed by atoms with Gasteiger partial charge in [0.25, 0.3) is 11.6 Å². The number of aliphatic hydroxyl groups is 1. The number of nitrogens with zero attached hydrogens (tertiary/aromatic N) is 2. The second-order valence-electron chi connectivity index (χ2n) is 7.86. The molecule has 1 amide bonds. The van der Waals surface area contributed by atoms with Gasteiger partial charge in [-0.25, -0.2) is 0 Å². The van der Waals surface area contributed by atoms with Crippen molar-refractivity contribution < 1.29 is 28.0 Å². The van der Waals surface area contributed by atoms with Gasteiger partial charge in [-0.1, -0.05) is 26.8 Å². The van der Waals surface area contributed by atoms with Gasteiger partial charge in [-0.15, -0.1) is 0 Å². The summed E-state index contributed by atoms with van der Waals surface area (Å²) in [7, 11) is 0. The first-order chi connectivity index (χ1) is 12.3. The fourth-order valence-electron chi connectivity index (χ4n) is 3.32. The highest BCUT2D eigenvalue weighted by molar-refractivity contribution is 5.95. The van der Waals surface area contributed by atoms with E-state index in [0.29, 0.717) is 5.56 Å². The third-order valence-corrected chi connectivity index (χ3v) is 4.86. The lowest BCUT2D eigenvalue weighted by atomic mass is 9.85. The van der Waals surface area contributed by atoms with Crippen molar-refractivity contribution in [3.8, 4) is 0 Å². The predicted molar refractivity (Wildman–Crippen MR) is 92.5 cm³/mol. The second kappa shape index (κ2) is 7.46. The molecular formula is C18H23F3N2O4. The van der Waals surface area contributed by atoms with Crippen molar-refractivity contribution >= 4 is 11.6 Å². The number of rotatable bonds is 3. The van der Waals surface area contributed by atoms with Crippen LogP contribution in [0.5, 0.6) is 0 Å². The topological polar surface area (TPSA) is 83.7 Å². The largest absolute Gasteiger partial charge is 0.414 e. The molecule has 0 bridgehead atoms. The number of nitro benzene ring substituents is 1. The Morgan fingerprint density at radius 1 is 1.26 bits per heavy atom. The summed E-state index contributed by atoms with van der Waals surface area (Å²) in [4.78, 5) is 24.8. The van der Waals surface area contributed by atoms with Crippen LogP contribution in [0.15, 0.2) is 18.2 Å². The fraction of sp³-hybridized carbons (Fsp3) is 0.611.